The molecule has 0 spiro atoms. The fourth-order valence-corrected chi connectivity index (χ4v) is 3.32. The Morgan fingerprint density at radius 2 is 2.00 bits per heavy atom. The van der Waals surface area contributed by atoms with Crippen LogP contribution < -0.4 is 5.32 Å². The molecule has 25 heavy (non-hydrogen) atoms. The minimum absolute atomic E-state index is 0.172. The first-order chi connectivity index (χ1) is 11.8. The van der Waals surface area contributed by atoms with Gasteiger partial charge in [0, 0.05) is 19.1 Å². The predicted molar refractivity (Wildman–Crippen MR) is 103 cm³/mol. The Morgan fingerprint density at radius 1 is 1.32 bits per heavy atom. The molecule has 0 aliphatic carbocycles. The molecular formula is C21H34N2O2. The summed E-state index contributed by atoms with van der Waals surface area (Å²) < 4.78 is 5.47. The van der Waals surface area contributed by atoms with Crippen molar-refractivity contribution in [3.8, 4) is 0 Å². The van der Waals surface area contributed by atoms with Crippen LogP contribution in [-0.4, -0.2) is 36.2 Å². The van der Waals surface area contributed by atoms with Crippen LogP contribution in [0.1, 0.15) is 64.1 Å². The van der Waals surface area contributed by atoms with Gasteiger partial charge in [-0.1, -0.05) is 36.8 Å². The van der Waals surface area contributed by atoms with Crippen molar-refractivity contribution in [2.24, 2.45) is 5.92 Å². The molecular weight excluding hydrogens is 312 g/mol. The fourth-order valence-electron chi connectivity index (χ4n) is 3.32. The van der Waals surface area contributed by atoms with Gasteiger partial charge in [-0.2, -0.15) is 0 Å². The summed E-state index contributed by atoms with van der Waals surface area (Å²) in [4.78, 5) is 14.0. The van der Waals surface area contributed by atoms with E-state index >= 15 is 0 Å². The maximum absolute atomic E-state index is 12.1. The van der Waals surface area contributed by atoms with E-state index in [9.17, 15) is 4.79 Å². The summed E-state index contributed by atoms with van der Waals surface area (Å²) in [7, 11) is 0. The number of hydrogen-bond acceptors (Lipinski definition) is 3. The molecule has 1 heterocycles. The summed E-state index contributed by atoms with van der Waals surface area (Å²) in [5, 5.41) is 3.68. The second-order valence-corrected chi connectivity index (χ2v) is 8.20. The van der Waals surface area contributed by atoms with Crippen LogP contribution >= 0.6 is 0 Å². The van der Waals surface area contributed by atoms with Crippen LogP contribution in [0.25, 0.3) is 0 Å². The topological polar surface area (TPSA) is 41.6 Å². The van der Waals surface area contributed by atoms with Crippen molar-refractivity contribution in [3.63, 3.8) is 0 Å². The fraction of sp³-hybridized carbons (Fsp3) is 0.667. The van der Waals surface area contributed by atoms with Gasteiger partial charge in [0.25, 0.3) is 0 Å². The van der Waals surface area contributed by atoms with Gasteiger partial charge in [0.15, 0.2) is 0 Å². The predicted octanol–water partition coefficient (Wildman–Crippen LogP) is 4.68. The first-order valence-electron chi connectivity index (χ1n) is 9.56. The molecule has 1 aliphatic rings. The summed E-state index contributed by atoms with van der Waals surface area (Å²) in [6.45, 7) is 12.7. The van der Waals surface area contributed by atoms with Crippen LogP contribution in [0.3, 0.4) is 0 Å². The van der Waals surface area contributed by atoms with Crippen molar-refractivity contribution < 1.29 is 9.53 Å². The molecule has 4 heteroatoms. The number of nitrogens with zero attached hydrogens (tertiary/aromatic N) is 1. The Hall–Kier alpha value is -1.55. The molecule has 1 aromatic carbocycles. The number of rotatable bonds is 6. The highest BCUT2D eigenvalue weighted by molar-refractivity contribution is 5.68. The molecule has 2 atom stereocenters. The maximum atomic E-state index is 12.1. The normalized spacial score (nSPS) is 19.1. The number of nitrogens with one attached hydrogen (secondary N) is 1. The summed E-state index contributed by atoms with van der Waals surface area (Å²) >= 11 is 0. The van der Waals surface area contributed by atoms with Gasteiger partial charge in [0.05, 0.1) is 0 Å². The van der Waals surface area contributed by atoms with Crippen molar-refractivity contribution in [2.75, 3.05) is 19.6 Å². The van der Waals surface area contributed by atoms with E-state index in [0.717, 1.165) is 38.9 Å². The van der Waals surface area contributed by atoms with E-state index in [-0.39, 0.29) is 6.09 Å². The van der Waals surface area contributed by atoms with Gasteiger partial charge in [-0.15, -0.1) is 0 Å². The van der Waals surface area contributed by atoms with Gasteiger partial charge in [-0.25, -0.2) is 4.79 Å². The minimum Gasteiger partial charge on any atom is -0.444 e. The minimum atomic E-state index is -0.418. The zero-order chi connectivity index (χ0) is 18.4. The van der Waals surface area contributed by atoms with E-state index in [4.69, 9.17) is 4.74 Å². The molecule has 1 fully saturated rings. The summed E-state index contributed by atoms with van der Waals surface area (Å²) in [5.74, 6) is 0.565. The summed E-state index contributed by atoms with van der Waals surface area (Å²) in [6, 6.07) is 9.20. The van der Waals surface area contributed by atoms with E-state index in [1.165, 1.54) is 11.1 Å². The van der Waals surface area contributed by atoms with Crippen molar-refractivity contribution in [2.45, 2.75) is 65.5 Å². The molecule has 1 amide bonds. The quantitative estimate of drug-likeness (QED) is 0.813. The van der Waals surface area contributed by atoms with Crippen molar-refractivity contribution in [1.82, 2.24) is 10.2 Å². The summed E-state index contributed by atoms with van der Waals surface area (Å²) in [6.07, 6.45) is 3.08. The van der Waals surface area contributed by atoms with Gasteiger partial charge in [-0.05, 0) is 65.0 Å². The van der Waals surface area contributed by atoms with E-state index < -0.39 is 5.60 Å². The van der Waals surface area contributed by atoms with Gasteiger partial charge in [0.2, 0.25) is 0 Å². The lowest BCUT2D eigenvalue weighted by atomic mass is 10.0. The van der Waals surface area contributed by atoms with Crippen molar-refractivity contribution in [1.29, 1.82) is 0 Å². The van der Waals surface area contributed by atoms with Crippen LogP contribution in [0.5, 0.6) is 0 Å². The second-order valence-electron chi connectivity index (χ2n) is 8.20. The highest BCUT2D eigenvalue weighted by Crippen LogP contribution is 2.23. The molecule has 1 saturated heterocycles. The van der Waals surface area contributed by atoms with Crippen LogP contribution in [0.2, 0.25) is 0 Å². The SMILES string of the molecule is CCC(NCCC1CCN(C(=O)OC(C)(C)C)C1)c1ccc(C)cc1. The molecule has 2 unspecified atom stereocenters. The van der Waals surface area contributed by atoms with E-state index in [1.54, 1.807) is 0 Å². The maximum Gasteiger partial charge on any atom is 0.410 e. The van der Waals surface area contributed by atoms with Gasteiger partial charge in [0.1, 0.15) is 5.60 Å². The number of amides is 1. The highest BCUT2D eigenvalue weighted by Gasteiger charge is 2.29. The first kappa shape index (κ1) is 19.8. The number of ether oxygens (including phenoxy) is 1. The largest absolute Gasteiger partial charge is 0.444 e. The number of hydrogen-bond donors (Lipinski definition) is 1. The van der Waals surface area contributed by atoms with Crippen molar-refractivity contribution >= 4 is 6.09 Å². The third-order valence-electron chi connectivity index (χ3n) is 4.77. The Balaban J connectivity index is 1.74. The zero-order valence-corrected chi connectivity index (χ0v) is 16.5. The lowest BCUT2D eigenvalue weighted by Crippen LogP contribution is -2.35. The second kappa shape index (κ2) is 8.70. The average molecular weight is 347 g/mol. The van der Waals surface area contributed by atoms with E-state index in [1.807, 2.05) is 25.7 Å². The monoisotopic (exact) mass is 346 g/mol. The first-order valence-corrected chi connectivity index (χ1v) is 9.56. The average Bonchev–Trinajstić information content (AvgIpc) is 3.00. The Morgan fingerprint density at radius 3 is 2.60 bits per heavy atom. The molecule has 0 saturated carbocycles. The number of benzene rings is 1. The highest BCUT2D eigenvalue weighted by atomic mass is 16.6. The Bertz CT molecular complexity index is 548. The van der Waals surface area contributed by atoms with E-state index in [0.29, 0.717) is 12.0 Å². The van der Waals surface area contributed by atoms with Crippen molar-refractivity contribution in [3.05, 3.63) is 35.4 Å². The lowest BCUT2D eigenvalue weighted by molar-refractivity contribution is 0.0287. The molecule has 0 bridgehead atoms. The number of carbonyl (C=O) groups excluding carboxylic acids is 1. The standard InChI is InChI=1S/C21H34N2O2/c1-6-19(18-9-7-16(2)8-10-18)22-13-11-17-12-14-23(15-17)20(24)25-21(3,4)5/h7-10,17,19,22H,6,11-15H2,1-5H3. The Labute approximate surface area is 152 Å². The summed E-state index contributed by atoms with van der Waals surface area (Å²) in [5.41, 5.74) is 2.24. The zero-order valence-electron chi connectivity index (χ0n) is 16.5. The Kier molecular flexibility index (Phi) is 6.88. The molecule has 1 aliphatic heterocycles. The van der Waals surface area contributed by atoms with Gasteiger partial charge in [-0.3, -0.25) is 0 Å². The lowest BCUT2D eigenvalue weighted by Gasteiger charge is -2.24. The van der Waals surface area contributed by atoms with Crippen LogP contribution in [0.15, 0.2) is 24.3 Å². The van der Waals surface area contributed by atoms with Gasteiger partial charge >= 0.3 is 6.09 Å². The van der Waals surface area contributed by atoms with E-state index in [2.05, 4.69) is 43.4 Å². The molecule has 0 aromatic heterocycles. The van der Waals surface area contributed by atoms with Gasteiger partial charge < -0.3 is 15.0 Å². The molecule has 1 aromatic rings. The molecule has 2 rings (SSSR count). The van der Waals surface area contributed by atoms with Crippen LogP contribution in [0.4, 0.5) is 4.79 Å². The third kappa shape index (κ3) is 6.35. The third-order valence-corrected chi connectivity index (χ3v) is 4.77. The molecule has 140 valence electrons. The number of carbonyl (C=O) groups is 1. The van der Waals surface area contributed by atoms with Crippen LogP contribution in [-0.2, 0) is 4.74 Å². The van der Waals surface area contributed by atoms with Crippen LogP contribution in [0, 0.1) is 12.8 Å². The molecule has 0 radical (unpaired) electrons. The molecule has 1 N–H and O–H groups in total. The number of likely N-dealkylation sites (tertiary alicyclic amines) is 1. The molecule has 4 nitrogen and oxygen atoms in total. The number of aryl methyl sites for hydroxylation is 1. The smallest absolute Gasteiger partial charge is 0.410 e.